The summed E-state index contributed by atoms with van der Waals surface area (Å²) in [4.78, 5) is 19.8. The summed E-state index contributed by atoms with van der Waals surface area (Å²) >= 11 is 0. The molecular formula is C26H27N3O2. The van der Waals surface area contributed by atoms with Crippen molar-refractivity contribution in [1.82, 2.24) is 14.5 Å². The highest BCUT2D eigenvalue weighted by Gasteiger charge is 2.22. The van der Waals surface area contributed by atoms with E-state index in [0.29, 0.717) is 19.1 Å². The Hall–Kier alpha value is -3.34. The maximum Gasteiger partial charge on any atom is 0.242 e. The van der Waals surface area contributed by atoms with E-state index >= 15 is 0 Å². The Bertz CT molecular complexity index is 1220. The zero-order chi connectivity index (χ0) is 21.2. The van der Waals surface area contributed by atoms with Crippen LogP contribution in [0, 0.1) is 5.92 Å². The van der Waals surface area contributed by atoms with Crippen molar-refractivity contribution in [2.24, 2.45) is 5.92 Å². The molecule has 0 bridgehead atoms. The molecule has 0 spiro atoms. The number of hydrogen-bond donors (Lipinski definition) is 0. The molecule has 0 saturated carbocycles. The number of hydrogen-bond acceptors (Lipinski definition) is 3. The van der Waals surface area contributed by atoms with Gasteiger partial charge in [-0.05, 0) is 42.3 Å². The standard InChI is InChI=1S/C26H27N3O2/c1-19-13-15-28(16-14-19)26(30)17-29-23-11-5-4-10-22(23)27-25(29)18-31-24-12-6-8-20-7-2-3-9-21(20)24/h2-12,19H,13-18H2,1H3. The van der Waals surface area contributed by atoms with Crippen LogP contribution in [0.4, 0.5) is 0 Å². The normalized spacial score (nSPS) is 14.9. The largest absolute Gasteiger partial charge is 0.485 e. The predicted octanol–water partition coefficient (Wildman–Crippen LogP) is 5.03. The quantitative estimate of drug-likeness (QED) is 0.461. The van der Waals surface area contributed by atoms with Crippen molar-refractivity contribution in [1.29, 1.82) is 0 Å². The van der Waals surface area contributed by atoms with Gasteiger partial charge in [0.25, 0.3) is 0 Å². The molecule has 0 aliphatic carbocycles. The summed E-state index contributed by atoms with van der Waals surface area (Å²) in [5, 5.41) is 2.22. The van der Waals surface area contributed by atoms with E-state index in [4.69, 9.17) is 9.72 Å². The molecule has 1 saturated heterocycles. The molecule has 5 rings (SSSR count). The minimum absolute atomic E-state index is 0.154. The third kappa shape index (κ3) is 4.00. The summed E-state index contributed by atoms with van der Waals surface area (Å²) in [5.74, 6) is 2.45. The number of carbonyl (C=O) groups excluding carboxylic acids is 1. The second-order valence-corrected chi connectivity index (χ2v) is 8.43. The summed E-state index contributed by atoms with van der Waals surface area (Å²) in [6.07, 6.45) is 2.15. The van der Waals surface area contributed by atoms with Gasteiger partial charge in [-0.25, -0.2) is 4.98 Å². The van der Waals surface area contributed by atoms with Crippen molar-refractivity contribution >= 4 is 27.7 Å². The van der Waals surface area contributed by atoms with Crippen molar-refractivity contribution in [2.75, 3.05) is 13.1 Å². The number of fused-ring (bicyclic) bond motifs is 2. The van der Waals surface area contributed by atoms with Gasteiger partial charge in [-0.3, -0.25) is 4.79 Å². The third-order valence-electron chi connectivity index (χ3n) is 6.27. The van der Waals surface area contributed by atoms with Crippen molar-refractivity contribution < 1.29 is 9.53 Å². The first kappa shape index (κ1) is 19.6. The van der Waals surface area contributed by atoms with Gasteiger partial charge in [0.1, 0.15) is 24.7 Å². The maximum atomic E-state index is 13.1. The van der Waals surface area contributed by atoms with E-state index in [-0.39, 0.29) is 5.91 Å². The highest BCUT2D eigenvalue weighted by atomic mass is 16.5. The van der Waals surface area contributed by atoms with Gasteiger partial charge in [-0.2, -0.15) is 0 Å². The van der Waals surface area contributed by atoms with Crippen LogP contribution in [0.15, 0.2) is 66.7 Å². The highest BCUT2D eigenvalue weighted by Crippen LogP contribution is 2.27. The summed E-state index contributed by atoms with van der Waals surface area (Å²) in [6.45, 7) is 4.55. The summed E-state index contributed by atoms with van der Waals surface area (Å²) in [7, 11) is 0. The molecular weight excluding hydrogens is 386 g/mol. The fourth-order valence-corrected chi connectivity index (χ4v) is 4.37. The lowest BCUT2D eigenvalue weighted by Crippen LogP contribution is -2.40. The van der Waals surface area contributed by atoms with Crippen molar-refractivity contribution in [2.45, 2.75) is 32.9 Å². The molecule has 3 aromatic carbocycles. The first-order valence-corrected chi connectivity index (χ1v) is 11.0. The number of likely N-dealkylation sites (tertiary alicyclic amines) is 1. The van der Waals surface area contributed by atoms with Crippen LogP contribution in [0.1, 0.15) is 25.6 Å². The molecule has 1 aromatic heterocycles. The first-order chi connectivity index (χ1) is 15.2. The molecule has 31 heavy (non-hydrogen) atoms. The van der Waals surface area contributed by atoms with E-state index in [1.807, 2.05) is 58.0 Å². The Labute approximate surface area is 182 Å². The molecule has 5 nitrogen and oxygen atoms in total. The first-order valence-electron chi connectivity index (χ1n) is 11.0. The zero-order valence-corrected chi connectivity index (χ0v) is 17.8. The van der Waals surface area contributed by atoms with Crippen LogP contribution in [0.25, 0.3) is 21.8 Å². The van der Waals surface area contributed by atoms with Gasteiger partial charge >= 0.3 is 0 Å². The predicted molar refractivity (Wildman–Crippen MR) is 123 cm³/mol. The Morgan fingerprint density at radius 2 is 1.74 bits per heavy atom. The van der Waals surface area contributed by atoms with Gasteiger partial charge < -0.3 is 14.2 Å². The summed E-state index contributed by atoms with van der Waals surface area (Å²) in [5.41, 5.74) is 1.86. The van der Waals surface area contributed by atoms with Gasteiger partial charge in [-0.1, -0.05) is 55.5 Å². The van der Waals surface area contributed by atoms with Gasteiger partial charge in [0.2, 0.25) is 5.91 Å². The number of nitrogens with zero attached hydrogens (tertiary/aromatic N) is 3. The maximum absolute atomic E-state index is 13.1. The Kier molecular flexibility index (Phi) is 5.33. The molecule has 0 N–H and O–H groups in total. The fraction of sp³-hybridized carbons (Fsp3) is 0.308. The highest BCUT2D eigenvalue weighted by molar-refractivity contribution is 5.88. The third-order valence-corrected chi connectivity index (χ3v) is 6.27. The smallest absolute Gasteiger partial charge is 0.242 e. The van der Waals surface area contributed by atoms with E-state index in [0.717, 1.165) is 59.3 Å². The second kappa shape index (κ2) is 8.42. The van der Waals surface area contributed by atoms with Crippen LogP contribution in [0.5, 0.6) is 5.75 Å². The Morgan fingerprint density at radius 3 is 2.61 bits per heavy atom. The minimum atomic E-state index is 0.154. The molecule has 0 atom stereocenters. The number of aromatic nitrogens is 2. The monoisotopic (exact) mass is 413 g/mol. The van der Waals surface area contributed by atoms with E-state index in [9.17, 15) is 4.79 Å². The molecule has 5 heteroatoms. The molecule has 1 aliphatic rings. The number of ether oxygens (including phenoxy) is 1. The lowest BCUT2D eigenvalue weighted by atomic mass is 9.99. The van der Waals surface area contributed by atoms with E-state index in [1.165, 1.54) is 0 Å². The van der Waals surface area contributed by atoms with Crippen LogP contribution in [-0.2, 0) is 17.9 Å². The number of piperidine rings is 1. The summed E-state index contributed by atoms with van der Waals surface area (Å²) in [6, 6.07) is 22.2. The Balaban J connectivity index is 1.41. The van der Waals surface area contributed by atoms with Crippen LogP contribution in [-0.4, -0.2) is 33.4 Å². The van der Waals surface area contributed by atoms with E-state index in [2.05, 4.69) is 25.1 Å². The minimum Gasteiger partial charge on any atom is -0.485 e. The van der Waals surface area contributed by atoms with Crippen molar-refractivity contribution in [3.63, 3.8) is 0 Å². The zero-order valence-electron chi connectivity index (χ0n) is 17.8. The molecule has 2 heterocycles. The van der Waals surface area contributed by atoms with Gasteiger partial charge in [-0.15, -0.1) is 0 Å². The SMILES string of the molecule is CC1CCN(C(=O)Cn2c(COc3cccc4ccccc34)nc3ccccc32)CC1. The van der Waals surface area contributed by atoms with Gasteiger partial charge in [0.05, 0.1) is 11.0 Å². The number of para-hydroxylation sites is 2. The average Bonchev–Trinajstić information content (AvgIpc) is 3.15. The molecule has 0 radical (unpaired) electrons. The lowest BCUT2D eigenvalue weighted by Gasteiger charge is -2.30. The average molecular weight is 414 g/mol. The Morgan fingerprint density at radius 1 is 1.00 bits per heavy atom. The number of carbonyl (C=O) groups is 1. The molecule has 0 unspecified atom stereocenters. The van der Waals surface area contributed by atoms with E-state index < -0.39 is 0 Å². The van der Waals surface area contributed by atoms with Crippen LogP contribution < -0.4 is 4.74 Å². The van der Waals surface area contributed by atoms with Crippen molar-refractivity contribution in [3.8, 4) is 5.75 Å². The second-order valence-electron chi connectivity index (χ2n) is 8.43. The van der Waals surface area contributed by atoms with Gasteiger partial charge in [0.15, 0.2) is 0 Å². The fourth-order valence-electron chi connectivity index (χ4n) is 4.37. The topological polar surface area (TPSA) is 47.4 Å². The summed E-state index contributed by atoms with van der Waals surface area (Å²) < 4.78 is 8.22. The van der Waals surface area contributed by atoms with Crippen molar-refractivity contribution in [3.05, 3.63) is 72.6 Å². The number of benzene rings is 3. The number of amides is 1. The molecule has 1 fully saturated rings. The molecule has 1 aliphatic heterocycles. The number of imidazole rings is 1. The number of rotatable bonds is 5. The van der Waals surface area contributed by atoms with Gasteiger partial charge in [0, 0.05) is 18.5 Å². The molecule has 1 amide bonds. The van der Waals surface area contributed by atoms with Crippen LogP contribution in [0.3, 0.4) is 0 Å². The van der Waals surface area contributed by atoms with E-state index in [1.54, 1.807) is 0 Å². The van der Waals surface area contributed by atoms with Crippen LogP contribution in [0.2, 0.25) is 0 Å². The molecule has 4 aromatic rings. The van der Waals surface area contributed by atoms with Crippen LogP contribution >= 0.6 is 0 Å². The molecule has 158 valence electrons. The lowest BCUT2D eigenvalue weighted by molar-refractivity contribution is -0.133.